The van der Waals surface area contributed by atoms with Crippen molar-refractivity contribution in [2.24, 2.45) is 0 Å². The number of rotatable bonds is 7. The van der Waals surface area contributed by atoms with Crippen LogP contribution in [0.15, 0.2) is 69.9 Å². The van der Waals surface area contributed by atoms with Gasteiger partial charge in [0.05, 0.1) is 13.2 Å². The van der Waals surface area contributed by atoms with Crippen LogP contribution in [0, 0.1) is 11.3 Å². The number of nitrogens with one attached hydrogen (secondary N) is 1. The molecule has 0 fully saturated rings. The zero-order valence-corrected chi connectivity index (χ0v) is 21.1. The molecule has 0 spiro atoms. The number of anilines is 1. The van der Waals surface area contributed by atoms with E-state index in [4.69, 9.17) is 9.72 Å². The first-order chi connectivity index (χ1) is 16.9. The summed E-state index contributed by atoms with van der Waals surface area (Å²) in [4.78, 5) is 21.7. The van der Waals surface area contributed by atoms with Gasteiger partial charge >= 0.3 is 0 Å². The first kappa shape index (κ1) is 24.1. The van der Waals surface area contributed by atoms with Gasteiger partial charge in [0.25, 0.3) is 5.56 Å². The maximum absolute atomic E-state index is 12.3. The van der Waals surface area contributed by atoms with E-state index in [2.05, 4.69) is 37.4 Å². The van der Waals surface area contributed by atoms with Gasteiger partial charge in [-0.05, 0) is 43.7 Å². The Hall–Kier alpha value is -4.03. The summed E-state index contributed by atoms with van der Waals surface area (Å²) in [6.07, 6.45) is 0. The third-order valence-electron chi connectivity index (χ3n) is 5.31. The number of benzene rings is 2. The lowest BCUT2D eigenvalue weighted by Crippen LogP contribution is -2.24. The van der Waals surface area contributed by atoms with Crippen LogP contribution in [0.4, 0.5) is 5.82 Å². The second-order valence-corrected chi connectivity index (χ2v) is 8.86. The van der Waals surface area contributed by atoms with E-state index in [0.29, 0.717) is 29.4 Å². The van der Waals surface area contributed by atoms with Crippen LogP contribution < -0.4 is 15.6 Å². The molecular weight excluding hydrogens is 508 g/mol. The van der Waals surface area contributed by atoms with Gasteiger partial charge in [-0.15, -0.1) is 0 Å². The van der Waals surface area contributed by atoms with Gasteiger partial charge in [-0.1, -0.05) is 46.3 Å². The average Bonchev–Trinajstić information content (AvgIpc) is 2.88. The highest BCUT2D eigenvalue weighted by molar-refractivity contribution is 9.10. The molecule has 176 valence electrons. The Balaban J connectivity index is 1.84. The van der Waals surface area contributed by atoms with Crippen molar-refractivity contribution in [3.05, 3.63) is 86.7 Å². The highest BCUT2D eigenvalue weighted by Gasteiger charge is 2.20. The van der Waals surface area contributed by atoms with Crippen molar-refractivity contribution >= 4 is 21.7 Å². The molecule has 0 radical (unpaired) electrons. The van der Waals surface area contributed by atoms with Crippen LogP contribution in [0.2, 0.25) is 0 Å². The monoisotopic (exact) mass is 530 g/mol. The Morgan fingerprint density at radius 2 is 1.80 bits per heavy atom. The van der Waals surface area contributed by atoms with Crippen molar-refractivity contribution in [3.63, 3.8) is 0 Å². The van der Waals surface area contributed by atoms with Crippen molar-refractivity contribution < 1.29 is 4.74 Å². The molecule has 0 aliphatic carbocycles. The molecule has 9 heteroatoms. The molecule has 35 heavy (non-hydrogen) atoms. The topological polar surface area (TPSA) is 106 Å². The molecule has 4 aromatic rings. The summed E-state index contributed by atoms with van der Waals surface area (Å²) in [5.74, 6) is 1.12. The standard InChI is InChI=1S/C26H23BrN6O2/c1-16(2)33-23(34)13-12-21(32-33)25-24(19-6-4-5-7-20(19)27)31-26(22(14-28)30-25)29-15-17-8-10-18(35-3)11-9-17/h4-13,16H,15H2,1-3H3,(H,29,31). The molecule has 2 aromatic heterocycles. The van der Waals surface area contributed by atoms with Gasteiger partial charge in [0, 0.05) is 22.6 Å². The van der Waals surface area contributed by atoms with Crippen LogP contribution in [-0.2, 0) is 6.54 Å². The van der Waals surface area contributed by atoms with E-state index < -0.39 is 0 Å². The molecule has 2 heterocycles. The van der Waals surface area contributed by atoms with E-state index in [0.717, 1.165) is 21.3 Å². The number of nitrogens with zero attached hydrogens (tertiary/aromatic N) is 5. The van der Waals surface area contributed by atoms with E-state index in [9.17, 15) is 10.1 Å². The lowest BCUT2D eigenvalue weighted by Gasteiger charge is -2.15. The molecule has 0 bridgehead atoms. The summed E-state index contributed by atoms with van der Waals surface area (Å²) in [5.41, 5.74) is 3.11. The van der Waals surface area contributed by atoms with Crippen molar-refractivity contribution in [2.75, 3.05) is 12.4 Å². The third kappa shape index (κ3) is 5.23. The number of halogens is 1. The fraction of sp³-hybridized carbons (Fsp3) is 0.192. The predicted molar refractivity (Wildman–Crippen MR) is 138 cm³/mol. The Morgan fingerprint density at radius 3 is 2.46 bits per heavy atom. The van der Waals surface area contributed by atoms with E-state index in [1.807, 2.05) is 62.4 Å². The number of methoxy groups -OCH3 is 1. The van der Waals surface area contributed by atoms with Gasteiger partial charge in [-0.3, -0.25) is 4.79 Å². The van der Waals surface area contributed by atoms with Crippen LogP contribution in [0.3, 0.4) is 0 Å². The molecule has 2 aromatic carbocycles. The Morgan fingerprint density at radius 1 is 1.06 bits per heavy atom. The first-order valence-electron chi connectivity index (χ1n) is 11.0. The molecule has 0 atom stereocenters. The third-order valence-corrected chi connectivity index (χ3v) is 6.00. The summed E-state index contributed by atoms with van der Waals surface area (Å²) in [6.45, 7) is 4.20. The van der Waals surface area contributed by atoms with Crippen LogP contribution in [0.5, 0.6) is 5.75 Å². The average molecular weight is 531 g/mol. The number of hydrogen-bond donors (Lipinski definition) is 1. The van der Waals surface area contributed by atoms with Gasteiger partial charge in [0.2, 0.25) is 0 Å². The van der Waals surface area contributed by atoms with Crippen LogP contribution in [0.1, 0.15) is 31.1 Å². The summed E-state index contributed by atoms with van der Waals surface area (Å²) in [6, 6.07) is 20.3. The SMILES string of the molecule is COc1ccc(CNc2nc(-c3ccccc3Br)c(-c3ccc(=O)n(C(C)C)n3)nc2C#N)cc1. The quantitative estimate of drug-likeness (QED) is 0.349. The minimum atomic E-state index is -0.211. The van der Waals surface area contributed by atoms with E-state index in [1.54, 1.807) is 13.2 Å². The Labute approximate surface area is 211 Å². The van der Waals surface area contributed by atoms with Gasteiger partial charge in [-0.25, -0.2) is 14.6 Å². The Bertz CT molecular complexity index is 1460. The van der Waals surface area contributed by atoms with Crippen molar-refractivity contribution in [1.29, 1.82) is 5.26 Å². The van der Waals surface area contributed by atoms with Gasteiger partial charge < -0.3 is 10.1 Å². The maximum Gasteiger partial charge on any atom is 0.267 e. The highest BCUT2D eigenvalue weighted by atomic mass is 79.9. The summed E-state index contributed by atoms with van der Waals surface area (Å²) in [7, 11) is 1.62. The van der Waals surface area contributed by atoms with Gasteiger partial charge in [0.1, 0.15) is 28.9 Å². The normalized spacial score (nSPS) is 10.7. The highest BCUT2D eigenvalue weighted by Crippen LogP contribution is 2.34. The van der Waals surface area contributed by atoms with Crippen LogP contribution in [-0.4, -0.2) is 26.9 Å². The molecule has 4 rings (SSSR count). The number of ether oxygens (including phenoxy) is 1. The fourth-order valence-electron chi connectivity index (χ4n) is 3.51. The van der Waals surface area contributed by atoms with Crippen LogP contribution >= 0.6 is 15.9 Å². The van der Waals surface area contributed by atoms with E-state index in [1.165, 1.54) is 10.7 Å². The lowest BCUT2D eigenvalue weighted by atomic mass is 10.1. The fourth-order valence-corrected chi connectivity index (χ4v) is 3.98. The summed E-state index contributed by atoms with van der Waals surface area (Å²) >= 11 is 3.60. The second kappa shape index (κ2) is 10.5. The zero-order chi connectivity index (χ0) is 24.9. The van der Waals surface area contributed by atoms with Crippen molar-refractivity contribution in [2.45, 2.75) is 26.4 Å². The number of hydrogen-bond acceptors (Lipinski definition) is 7. The molecule has 8 nitrogen and oxygen atoms in total. The zero-order valence-electron chi connectivity index (χ0n) is 19.5. The molecule has 0 saturated carbocycles. The van der Waals surface area contributed by atoms with Crippen LogP contribution in [0.25, 0.3) is 22.6 Å². The number of aromatic nitrogens is 4. The lowest BCUT2D eigenvalue weighted by molar-refractivity contribution is 0.414. The van der Waals surface area contributed by atoms with E-state index >= 15 is 0 Å². The summed E-state index contributed by atoms with van der Waals surface area (Å²) in [5, 5.41) is 17.6. The minimum Gasteiger partial charge on any atom is -0.497 e. The molecule has 0 amide bonds. The first-order valence-corrected chi connectivity index (χ1v) is 11.7. The Kier molecular flexibility index (Phi) is 7.22. The van der Waals surface area contributed by atoms with Gasteiger partial charge in [-0.2, -0.15) is 10.4 Å². The molecular formula is C26H23BrN6O2. The minimum absolute atomic E-state index is 0.133. The molecule has 0 aliphatic rings. The maximum atomic E-state index is 12.3. The largest absolute Gasteiger partial charge is 0.497 e. The van der Waals surface area contributed by atoms with Crippen molar-refractivity contribution in [1.82, 2.24) is 19.7 Å². The summed E-state index contributed by atoms with van der Waals surface area (Å²) < 4.78 is 7.42. The molecule has 0 unspecified atom stereocenters. The number of nitriles is 1. The van der Waals surface area contributed by atoms with Crippen molar-refractivity contribution in [3.8, 4) is 34.5 Å². The predicted octanol–water partition coefficient (Wildman–Crippen LogP) is 5.20. The smallest absolute Gasteiger partial charge is 0.267 e. The molecule has 1 N–H and O–H groups in total. The molecule has 0 aliphatic heterocycles. The van der Waals surface area contributed by atoms with Gasteiger partial charge in [0.15, 0.2) is 11.5 Å². The second-order valence-electron chi connectivity index (χ2n) is 8.01. The van der Waals surface area contributed by atoms with E-state index in [-0.39, 0.29) is 17.3 Å². The molecule has 0 saturated heterocycles.